The van der Waals surface area contributed by atoms with Crippen LogP contribution < -0.4 is 15.0 Å². The molecular formula is C20H12ClF3N4O3S2. The van der Waals surface area contributed by atoms with Gasteiger partial charge in [-0.2, -0.15) is 13.2 Å². The van der Waals surface area contributed by atoms with E-state index in [1.165, 1.54) is 25.1 Å². The predicted octanol–water partition coefficient (Wildman–Crippen LogP) is 4.95. The van der Waals surface area contributed by atoms with Crippen LogP contribution in [0.15, 0.2) is 36.7 Å². The number of amides is 3. The third kappa shape index (κ3) is 3.71. The second-order valence-corrected chi connectivity index (χ2v) is 9.68. The van der Waals surface area contributed by atoms with Crippen LogP contribution in [0.25, 0.3) is 15.1 Å². The number of pyridine rings is 1. The van der Waals surface area contributed by atoms with E-state index in [-0.39, 0.29) is 15.9 Å². The van der Waals surface area contributed by atoms with Crippen molar-refractivity contribution in [1.82, 2.24) is 15.3 Å². The Balaban J connectivity index is 1.50. The van der Waals surface area contributed by atoms with E-state index < -0.39 is 34.4 Å². The molecule has 170 valence electrons. The number of nitrogens with one attached hydrogen (secondary N) is 1. The fourth-order valence-electron chi connectivity index (χ4n) is 3.58. The SMILES string of the molecule is COc1ccc(Cl)c(C2=CC3NC(=O)N(c4cncc5nc(C(F)(F)F)sc45)C(=O)C3S2)c1. The molecule has 0 saturated carbocycles. The number of thioether (sulfide) groups is 1. The Labute approximate surface area is 197 Å². The molecule has 0 radical (unpaired) electrons. The highest BCUT2D eigenvalue weighted by atomic mass is 35.5. The number of nitrogens with zero attached hydrogens (tertiary/aromatic N) is 3. The molecule has 0 aliphatic carbocycles. The summed E-state index contributed by atoms with van der Waals surface area (Å²) in [5.41, 5.74) is 0.550. The van der Waals surface area contributed by atoms with Crippen LogP contribution in [-0.4, -0.2) is 40.3 Å². The average Bonchev–Trinajstić information content (AvgIpc) is 3.39. The number of halogens is 4. The van der Waals surface area contributed by atoms with Gasteiger partial charge in [-0.3, -0.25) is 9.78 Å². The Bertz CT molecular complexity index is 1340. The fourth-order valence-corrected chi connectivity index (χ4v) is 6.05. The van der Waals surface area contributed by atoms with Crippen LogP contribution in [0.5, 0.6) is 5.75 Å². The van der Waals surface area contributed by atoms with Gasteiger partial charge in [-0.05, 0) is 24.3 Å². The number of anilines is 1. The molecule has 2 unspecified atom stereocenters. The fraction of sp³-hybridized carbons (Fsp3) is 0.200. The minimum atomic E-state index is -4.66. The molecule has 4 heterocycles. The van der Waals surface area contributed by atoms with Crippen LogP contribution >= 0.6 is 34.7 Å². The standard InChI is InChI=1S/C20H12ClF3N4O3S2/c1-31-8-2-3-10(21)9(4-8)14-5-11-16(32-14)17(29)28(19(30)27-11)13-7-25-6-12-15(13)33-18(26-12)20(22,23)24/h2-7,11,16H,1H3,(H,27,30). The number of methoxy groups -OCH3 is 1. The van der Waals surface area contributed by atoms with Crippen LogP contribution in [0, 0.1) is 0 Å². The quantitative estimate of drug-likeness (QED) is 0.534. The zero-order valence-corrected chi connectivity index (χ0v) is 18.9. The zero-order chi connectivity index (χ0) is 23.5. The summed E-state index contributed by atoms with van der Waals surface area (Å²) >= 11 is 7.89. The van der Waals surface area contributed by atoms with Crippen molar-refractivity contribution in [3.63, 3.8) is 0 Å². The van der Waals surface area contributed by atoms with Crippen molar-refractivity contribution in [1.29, 1.82) is 0 Å². The number of alkyl halides is 3. The lowest BCUT2D eigenvalue weighted by Crippen LogP contribution is -2.60. The van der Waals surface area contributed by atoms with Gasteiger partial charge in [0.15, 0.2) is 5.01 Å². The smallest absolute Gasteiger partial charge is 0.443 e. The molecule has 3 amide bonds. The van der Waals surface area contributed by atoms with Crippen LogP contribution in [0.2, 0.25) is 5.02 Å². The summed E-state index contributed by atoms with van der Waals surface area (Å²) in [6.07, 6.45) is -0.577. The highest BCUT2D eigenvalue weighted by molar-refractivity contribution is 8.09. The summed E-state index contributed by atoms with van der Waals surface area (Å²) in [5, 5.41) is 1.37. The third-order valence-electron chi connectivity index (χ3n) is 5.07. The van der Waals surface area contributed by atoms with Gasteiger partial charge in [0.05, 0.1) is 35.9 Å². The van der Waals surface area contributed by atoms with Crippen molar-refractivity contribution in [3.8, 4) is 5.75 Å². The number of aromatic nitrogens is 2. The maximum Gasteiger partial charge on any atom is 0.443 e. The molecule has 2 aliphatic heterocycles. The summed E-state index contributed by atoms with van der Waals surface area (Å²) in [4.78, 5) is 35.1. The Morgan fingerprint density at radius 3 is 2.76 bits per heavy atom. The Morgan fingerprint density at radius 1 is 1.24 bits per heavy atom. The number of thiazole rings is 1. The topological polar surface area (TPSA) is 84.4 Å². The van der Waals surface area contributed by atoms with E-state index in [2.05, 4.69) is 15.3 Å². The van der Waals surface area contributed by atoms with E-state index in [0.717, 1.165) is 11.1 Å². The molecule has 0 spiro atoms. The van der Waals surface area contributed by atoms with Gasteiger partial charge in [-0.25, -0.2) is 14.7 Å². The van der Waals surface area contributed by atoms with Crippen LogP contribution in [0.3, 0.4) is 0 Å². The van der Waals surface area contributed by atoms with Crippen molar-refractivity contribution >= 4 is 67.4 Å². The van der Waals surface area contributed by atoms with Crippen molar-refractivity contribution in [3.05, 3.63) is 52.3 Å². The summed E-state index contributed by atoms with van der Waals surface area (Å²) in [5.74, 6) is 0.00135. The number of ether oxygens (including phenoxy) is 1. The number of fused-ring (bicyclic) bond motifs is 2. The van der Waals surface area contributed by atoms with E-state index in [1.54, 1.807) is 24.3 Å². The number of benzene rings is 1. The number of rotatable bonds is 3. The first-order valence-electron chi connectivity index (χ1n) is 9.36. The molecule has 2 aliphatic rings. The first-order chi connectivity index (χ1) is 15.7. The molecular weight excluding hydrogens is 501 g/mol. The Morgan fingerprint density at radius 2 is 2.03 bits per heavy atom. The van der Waals surface area contributed by atoms with Gasteiger partial charge in [0.2, 0.25) is 0 Å². The molecule has 33 heavy (non-hydrogen) atoms. The molecule has 1 saturated heterocycles. The molecule has 0 bridgehead atoms. The van der Waals surface area contributed by atoms with Gasteiger partial charge in [-0.1, -0.05) is 11.6 Å². The van der Waals surface area contributed by atoms with Gasteiger partial charge in [0.1, 0.15) is 16.5 Å². The molecule has 7 nitrogen and oxygen atoms in total. The number of hydrogen-bond acceptors (Lipinski definition) is 7. The van der Waals surface area contributed by atoms with Crippen LogP contribution in [-0.2, 0) is 11.0 Å². The van der Waals surface area contributed by atoms with E-state index in [4.69, 9.17) is 16.3 Å². The van der Waals surface area contributed by atoms with E-state index in [0.29, 0.717) is 32.6 Å². The lowest BCUT2D eigenvalue weighted by molar-refractivity contribution is -0.137. The first kappa shape index (κ1) is 22.0. The lowest BCUT2D eigenvalue weighted by Gasteiger charge is -2.33. The number of urea groups is 1. The predicted molar refractivity (Wildman–Crippen MR) is 120 cm³/mol. The molecule has 5 rings (SSSR count). The molecule has 1 fully saturated rings. The zero-order valence-electron chi connectivity index (χ0n) is 16.5. The summed E-state index contributed by atoms with van der Waals surface area (Å²) in [6, 6.07) is 3.73. The molecule has 2 aromatic heterocycles. The number of imide groups is 1. The van der Waals surface area contributed by atoms with E-state index in [1.807, 2.05) is 0 Å². The molecule has 2 atom stereocenters. The largest absolute Gasteiger partial charge is 0.497 e. The molecule has 1 N–H and O–H groups in total. The lowest BCUT2D eigenvalue weighted by atomic mass is 10.1. The average molecular weight is 513 g/mol. The Hall–Kier alpha value is -2.83. The monoisotopic (exact) mass is 512 g/mol. The first-order valence-corrected chi connectivity index (χ1v) is 11.4. The summed E-state index contributed by atoms with van der Waals surface area (Å²) in [7, 11) is 1.52. The highest BCUT2D eigenvalue weighted by Gasteiger charge is 2.46. The van der Waals surface area contributed by atoms with Crippen molar-refractivity contribution < 1.29 is 27.5 Å². The summed E-state index contributed by atoms with van der Waals surface area (Å²) < 4.78 is 44.8. The number of carbonyl (C=O) groups excluding carboxylic acids is 2. The van der Waals surface area contributed by atoms with Crippen molar-refractivity contribution in [2.45, 2.75) is 17.5 Å². The summed E-state index contributed by atoms with van der Waals surface area (Å²) in [6.45, 7) is 0. The normalized spacial score (nSPS) is 20.6. The molecule has 13 heteroatoms. The van der Waals surface area contributed by atoms with Gasteiger partial charge in [-0.15, -0.1) is 23.1 Å². The highest BCUT2D eigenvalue weighted by Crippen LogP contribution is 2.46. The van der Waals surface area contributed by atoms with E-state index in [9.17, 15) is 22.8 Å². The molecule has 1 aromatic carbocycles. The van der Waals surface area contributed by atoms with Crippen LogP contribution in [0.1, 0.15) is 10.6 Å². The van der Waals surface area contributed by atoms with Crippen molar-refractivity contribution in [2.75, 3.05) is 12.0 Å². The van der Waals surface area contributed by atoms with Gasteiger partial charge in [0, 0.05) is 15.5 Å². The maximum absolute atomic E-state index is 13.3. The van der Waals surface area contributed by atoms with Gasteiger partial charge in [0.25, 0.3) is 5.91 Å². The van der Waals surface area contributed by atoms with Gasteiger partial charge < -0.3 is 10.1 Å². The van der Waals surface area contributed by atoms with Gasteiger partial charge >= 0.3 is 12.2 Å². The van der Waals surface area contributed by atoms with E-state index >= 15 is 0 Å². The number of carbonyl (C=O) groups is 2. The second-order valence-electron chi connectivity index (χ2n) is 7.09. The number of hydrogen-bond donors (Lipinski definition) is 1. The maximum atomic E-state index is 13.3. The minimum absolute atomic E-state index is 0.0464. The minimum Gasteiger partial charge on any atom is -0.497 e. The third-order valence-corrected chi connectivity index (χ3v) is 7.90. The second kappa shape index (κ2) is 7.89. The Kier molecular flexibility index (Phi) is 5.26. The van der Waals surface area contributed by atoms with Crippen molar-refractivity contribution in [2.24, 2.45) is 0 Å². The molecule has 3 aromatic rings. The van der Waals surface area contributed by atoms with Crippen LogP contribution in [0.4, 0.5) is 23.7 Å².